The molecular formula is C11H11F3O2. The first-order valence-electron chi connectivity index (χ1n) is 4.98. The molecule has 1 aromatic carbocycles. The maximum absolute atomic E-state index is 12.0. The monoisotopic (exact) mass is 232 g/mol. The van der Waals surface area contributed by atoms with Crippen molar-refractivity contribution in [2.24, 2.45) is 0 Å². The Balaban J connectivity index is 2.20. The van der Waals surface area contributed by atoms with Crippen LogP contribution < -0.4 is 4.74 Å². The number of hydrogen-bond acceptors (Lipinski definition) is 2. The first-order chi connectivity index (χ1) is 7.39. The first kappa shape index (κ1) is 11.3. The summed E-state index contributed by atoms with van der Waals surface area (Å²) < 4.78 is 39.7. The van der Waals surface area contributed by atoms with Crippen LogP contribution in [-0.4, -0.2) is 11.5 Å². The third-order valence-corrected chi connectivity index (χ3v) is 2.79. The molecule has 2 nitrogen and oxygen atoms in total. The molecule has 1 aliphatic carbocycles. The Bertz CT molecular complexity index is 383. The Labute approximate surface area is 90.7 Å². The molecule has 1 N–H and O–H groups in total. The highest BCUT2D eigenvalue weighted by atomic mass is 19.4. The Hall–Kier alpha value is -1.23. The zero-order valence-electron chi connectivity index (χ0n) is 8.42. The molecule has 0 amide bonds. The minimum Gasteiger partial charge on any atom is -0.406 e. The van der Waals surface area contributed by atoms with E-state index in [4.69, 9.17) is 0 Å². The second-order valence-electron chi connectivity index (χ2n) is 3.96. The summed E-state index contributed by atoms with van der Waals surface area (Å²) >= 11 is 0. The summed E-state index contributed by atoms with van der Waals surface area (Å²) in [6.45, 7) is 0. The number of benzene rings is 1. The minimum atomic E-state index is -4.69. The van der Waals surface area contributed by atoms with Gasteiger partial charge >= 0.3 is 6.36 Å². The highest BCUT2D eigenvalue weighted by Crippen LogP contribution is 2.42. The van der Waals surface area contributed by atoms with Gasteiger partial charge in [0.15, 0.2) is 0 Å². The van der Waals surface area contributed by atoms with Crippen molar-refractivity contribution in [3.05, 3.63) is 29.8 Å². The second-order valence-corrected chi connectivity index (χ2v) is 3.96. The molecule has 0 radical (unpaired) electrons. The van der Waals surface area contributed by atoms with Gasteiger partial charge in [0.2, 0.25) is 0 Å². The van der Waals surface area contributed by atoms with Crippen LogP contribution in [0.5, 0.6) is 5.75 Å². The summed E-state index contributed by atoms with van der Waals surface area (Å²) in [5.74, 6) is -0.287. The Morgan fingerprint density at radius 2 is 1.94 bits per heavy atom. The summed E-state index contributed by atoms with van der Waals surface area (Å²) in [6, 6.07) is 5.53. The van der Waals surface area contributed by atoms with Crippen LogP contribution in [0, 0.1) is 0 Å². The number of hydrogen-bond donors (Lipinski definition) is 1. The average molecular weight is 232 g/mol. The van der Waals surface area contributed by atoms with Crippen LogP contribution >= 0.6 is 0 Å². The van der Waals surface area contributed by atoms with Crippen molar-refractivity contribution in [3.8, 4) is 5.75 Å². The van der Waals surface area contributed by atoms with E-state index in [1.807, 2.05) is 0 Å². The van der Waals surface area contributed by atoms with Gasteiger partial charge in [-0.15, -0.1) is 13.2 Å². The summed E-state index contributed by atoms with van der Waals surface area (Å²) in [7, 11) is 0. The lowest BCUT2D eigenvalue weighted by molar-refractivity contribution is -0.274. The van der Waals surface area contributed by atoms with Gasteiger partial charge in [0.05, 0.1) is 5.60 Å². The van der Waals surface area contributed by atoms with Gasteiger partial charge in [0.1, 0.15) is 5.75 Å². The minimum absolute atomic E-state index is 0.287. The lowest BCUT2D eigenvalue weighted by atomic mass is 9.75. The van der Waals surface area contributed by atoms with Crippen LogP contribution in [0.15, 0.2) is 24.3 Å². The molecule has 1 fully saturated rings. The van der Waals surface area contributed by atoms with Gasteiger partial charge in [-0.25, -0.2) is 0 Å². The quantitative estimate of drug-likeness (QED) is 0.849. The molecule has 5 heteroatoms. The van der Waals surface area contributed by atoms with E-state index in [0.717, 1.165) is 6.42 Å². The molecule has 1 aliphatic rings. The number of alkyl halides is 3. The normalized spacial score (nSPS) is 19.0. The number of aliphatic hydroxyl groups is 1. The van der Waals surface area contributed by atoms with E-state index in [1.54, 1.807) is 6.07 Å². The maximum atomic E-state index is 12.0. The number of halogens is 3. The second kappa shape index (κ2) is 3.66. The zero-order valence-corrected chi connectivity index (χ0v) is 8.42. The Kier molecular flexibility index (Phi) is 2.58. The summed E-state index contributed by atoms with van der Waals surface area (Å²) in [5, 5.41) is 9.97. The fourth-order valence-corrected chi connectivity index (χ4v) is 1.78. The standard InChI is InChI=1S/C11H11F3O2/c12-11(13,14)16-9-4-1-3-8(7-9)10(15)5-2-6-10/h1,3-4,7,15H,2,5-6H2. The van der Waals surface area contributed by atoms with Crippen molar-refractivity contribution in [1.29, 1.82) is 0 Å². The highest BCUT2D eigenvalue weighted by Gasteiger charge is 2.37. The third-order valence-electron chi connectivity index (χ3n) is 2.79. The van der Waals surface area contributed by atoms with Crippen molar-refractivity contribution >= 4 is 0 Å². The smallest absolute Gasteiger partial charge is 0.406 e. The SMILES string of the molecule is OC1(c2cccc(OC(F)(F)F)c2)CCC1. The lowest BCUT2D eigenvalue weighted by Crippen LogP contribution is -2.33. The molecule has 0 atom stereocenters. The largest absolute Gasteiger partial charge is 0.573 e. The maximum Gasteiger partial charge on any atom is 0.573 e. The Morgan fingerprint density at radius 3 is 2.44 bits per heavy atom. The van der Waals surface area contributed by atoms with Crippen LogP contribution in [0.25, 0.3) is 0 Å². The predicted molar refractivity (Wildman–Crippen MR) is 50.9 cm³/mol. The molecule has 0 unspecified atom stereocenters. The molecule has 0 aliphatic heterocycles. The molecule has 0 heterocycles. The van der Waals surface area contributed by atoms with Gasteiger partial charge in [0, 0.05) is 0 Å². The lowest BCUT2D eigenvalue weighted by Gasteiger charge is -2.37. The molecular weight excluding hydrogens is 221 g/mol. The fraction of sp³-hybridized carbons (Fsp3) is 0.455. The molecule has 1 aromatic rings. The molecule has 0 spiro atoms. The summed E-state index contributed by atoms with van der Waals surface area (Å²) in [6.07, 6.45) is -2.63. The van der Waals surface area contributed by atoms with E-state index >= 15 is 0 Å². The van der Waals surface area contributed by atoms with Gasteiger partial charge in [0.25, 0.3) is 0 Å². The van der Waals surface area contributed by atoms with Gasteiger partial charge in [-0.2, -0.15) is 0 Å². The molecule has 0 bridgehead atoms. The predicted octanol–water partition coefficient (Wildman–Crippen LogP) is 2.96. The van der Waals surface area contributed by atoms with Crippen LogP contribution in [0.2, 0.25) is 0 Å². The van der Waals surface area contributed by atoms with Gasteiger partial charge < -0.3 is 9.84 Å². The van der Waals surface area contributed by atoms with E-state index in [-0.39, 0.29) is 5.75 Å². The molecule has 2 rings (SSSR count). The molecule has 0 saturated heterocycles. The molecule has 16 heavy (non-hydrogen) atoms. The van der Waals surface area contributed by atoms with Crippen LogP contribution in [0.3, 0.4) is 0 Å². The van der Waals surface area contributed by atoms with Crippen molar-refractivity contribution in [2.75, 3.05) is 0 Å². The molecule has 1 saturated carbocycles. The summed E-state index contributed by atoms with van der Waals surface area (Å²) in [4.78, 5) is 0. The van der Waals surface area contributed by atoms with E-state index in [2.05, 4.69) is 4.74 Å². The van der Waals surface area contributed by atoms with Crippen molar-refractivity contribution in [2.45, 2.75) is 31.2 Å². The van der Waals surface area contributed by atoms with Gasteiger partial charge in [-0.3, -0.25) is 0 Å². The Morgan fingerprint density at radius 1 is 1.25 bits per heavy atom. The molecule has 0 aromatic heterocycles. The van der Waals surface area contributed by atoms with Gasteiger partial charge in [-0.05, 0) is 37.0 Å². The fourth-order valence-electron chi connectivity index (χ4n) is 1.78. The van der Waals surface area contributed by atoms with Crippen LogP contribution in [-0.2, 0) is 5.60 Å². The van der Waals surface area contributed by atoms with Crippen LogP contribution in [0.1, 0.15) is 24.8 Å². The first-order valence-corrected chi connectivity index (χ1v) is 4.98. The van der Waals surface area contributed by atoms with Crippen molar-refractivity contribution in [3.63, 3.8) is 0 Å². The van der Waals surface area contributed by atoms with Crippen molar-refractivity contribution in [1.82, 2.24) is 0 Å². The number of rotatable bonds is 2. The average Bonchev–Trinajstić information content (AvgIpc) is 2.12. The molecule has 88 valence electrons. The van der Waals surface area contributed by atoms with E-state index < -0.39 is 12.0 Å². The summed E-state index contributed by atoms with van der Waals surface area (Å²) in [5.41, 5.74) is -0.481. The highest BCUT2D eigenvalue weighted by molar-refractivity contribution is 5.33. The van der Waals surface area contributed by atoms with Crippen molar-refractivity contribution < 1.29 is 23.0 Å². The van der Waals surface area contributed by atoms with E-state index in [1.165, 1.54) is 18.2 Å². The van der Waals surface area contributed by atoms with Gasteiger partial charge in [-0.1, -0.05) is 12.1 Å². The van der Waals surface area contributed by atoms with E-state index in [0.29, 0.717) is 18.4 Å². The van der Waals surface area contributed by atoms with E-state index in [9.17, 15) is 18.3 Å². The topological polar surface area (TPSA) is 29.5 Å². The number of ether oxygens (including phenoxy) is 1. The zero-order chi connectivity index (χ0) is 11.8. The third kappa shape index (κ3) is 2.29. The van der Waals surface area contributed by atoms with Crippen LogP contribution in [0.4, 0.5) is 13.2 Å².